The Labute approximate surface area is 131 Å². The van der Waals surface area contributed by atoms with Gasteiger partial charge in [0, 0.05) is 11.6 Å². The molecule has 0 aliphatic carbocycles. The molecule has 0 atom stereocenters. The zero-order chi connectivity index (χ0) is 16.8. The van der Waals surface area contributed by atoms with E-state index in [1.165, 1.54) is 0 Å². The van der Waals surface area contributed by atoms with E-state index in [0.717, 1.165) is 0 Å². The highest BCUT2D eigenvalue weighted by Crippen LogP contribution is 1.91. The van der Waals surface area contributed by atoms with Crippen LogP contribution in [-0.2, 0) is 19.2 Å². The van der Waals surface area contributed by atoms with Crippen molar-refractivity contribution >= 4 is 23.5 Å². The lowest BCUT2D eigenvalue weighted by Gasteiger charge is -2.08. The highest BCUT2D eigenvalue weighted by Gasteiger charge is 2.10. The molecule has 21 heavy (non-hydrogen) atoms. The van der Waals surface area contributed by atoms with Crippen molar-refractivity contribution < 1.29 is 24.9 Å². The normalized spacial score (nSPS) is 9.24. The highest BCUT2D eigenvalue weighted by atomic mass is 16.2. The van der Waals surface area contributed by atoms with Crippen molar-refractivity contribution in [1.29, 1.82) is 0 Å². The fourth-order valence-corrected chi connectivity index (χ4v) is 0.945. The molecule has 0 aromatic carbocycles. The third kappa shape index (κ3) is 12.8. The number of nitrogens with one attached hydrogen (secondary N) is 3. The van der Waals surface area contributed by atoms with Crippen molar-refractivity contribution in [3.8, 4) is 0 Å². The molecule has 0 unspecified atom stereocenters. The molecule has 5 N–H and O–H groups in total. The van der Waals surface area contributed by atoms with E-state index in [1.807, 2.05) is 13.8 Å². The largest absolute Gasteiger partial charge is 0.347 e. The Morgan fingerprint density at radius 1 is 0.857 bits per heavy atom. The van der Waals surface area contributed by atoms with Gasteiger partial charge in [-0.3, -0.25) is 19.2 Å². The van der Waals surface area contributed by atoms with E-state index in [4.69, 9.17) is 5.73 Å². The molecule has 0 radical (unpaired) electrons. The van der Waals surface area contributed by atoms with Crippen molar-refractivity contribution in [2.24, 2.45) is 11.7 Å². The molecular formula is C13H34N4O4. The van der Waals surface area contributed by atoms with Crippen molar-refractivity contribution in [3.05, 3.63) is 0 Å². The maximum Gasteiger partial charge on any atom is 0.239 e. The van der Waals surface area contributed by atoms with Crippen LogP contribution in [0, 0.1) is 5.92 Å². The number of amides is 3. The molecule has 130 valence electrons. The molecule has 0 saturated carbocycles. The molecule has 0 fully saturated rings. The van der Waals surface area contributed by atoms with E-state index in [9.17, 15) is 19.2 Å². The Bertz CT molecular complexity index is 372. The van der Waals surface area contributed by atoms with Crippen molar-refractivity contribution in [1.82, 2.24) is 16.0 Å². The maximum absolute atomic E-state index is 11.3. The van der Waals surface area contributed by atoms with Gasteiger partial charge in [0.15, 0.2) is 5.78 Å². The van der Waals surface area contributed by atoms with Crippen LogP contribution >= 0.6 is 0 Å². The quantitative estimate of drug-likeness (QED) is 0.481. The molecule has 0 aliphatic rings. The van der Waals surface area contributed by atoms with Crippen LogP contribution in [0.4, 0.5) is 0 Å². The lowest BCUT2D eigenvalue weighted by Crippen LogP contribution is -2.44. The van der Waals surface area contributed by atoms with Crippen LogP contribution in [0.1, 0.15) is 33.4 Å². The first-order valence-corrected chi connectivity index (χ1v) is 6.89. The van der Waals surface area contributed by atoms with E-state index in [1.54, 1.807) is 13.8 Å². The number of carbonyl (C=O) groups excluding carboxylic acids is 4. The van der Waals surface area contributed by atoms with Crippen LogP contribution in [0.5, 0.6) is 0 Å². The lowest BCUT2D eigenvalue weighted by atomic mass is 10.1. The zero-order valence-electron chi connectivity index (χ0n) is 13.1. The van der Waals surface area contributed by atoms with E-state index in [0.29, 0.717) is 0 Å². The third-order valence-corrected chi connectivity index (χ3v) is 2.18. The van der Waals surface area contributed by atoms with Gasteiger partial charge in [-0.2, -0.15) is 0 Å². The molecule has 8 heteroatoms. The molecule has 8 nitrogen and oxygen atoms in total. The second kappa shape index (κ2) is 13.0. The summed E-state index contributed by atoms with van der Waals surface area (Å²) >= 11 is 0. The second-order valence-electron chi connectivity index (χ2n) is 4.16. The van der Waals surface area contributed by atoms with Crippen molar-refractivity contribution in [2.75, 3.05) is 26.2 Å². The molecule has 0 rings (SSSR count). The predicted molar refractivity (Wildman–Crippen MR) is 87.7 cm³/mol. The summed E-state index contributed by atoms with van der Waals surface area (Å²) in [7, 11) is 0. The summed E-state index contributed by atoms with van der Waals surface area (Å²) in [6.45, 7) is 6.71. The van der Waals surface area contributed by atoms with Gasteiger partial charge in [-0.25, -0.2) is 0 Å². The zero-order valence-corrected chi connectivity index (χ0v) is 13.1. The minimum atomic E-state index is -0.507. The molecule has 0 bridgehead atoms. The van der Waals surface area contributed by atoms with Gasteiger partial charge in [0.25, 0.3) is 0 Å². The van der Waals surface area contributed by atoms with Crippen molar-refractivity contribution in [3.63, 3.8) is 0 Å². The van der Waals surface area contributed by atoms with Gasteiger partial charge in [0.1, 0.15) is 0 Å². The number of Topliss-reactive ketones (excluding diaryl/α,β-unsaturated/α-hetero) is 1. The molecule has 0 spiro atoms. The molecule has 0 heterocycles. The second-order valence-corrected chi connectivity index (χ2v) is 4.16. The van der Waals surface area contributed by atoms with Gasteiger partial charge in [-0.1, -0.05) is 27.7 Å². The summed E-state index contributed by atoms with van der Waals surface area (Å²) in [4.78, 5) is 44.5. The minimum Gasteiger partial charge on any atom is -0.347 e. The number of ketones is 1. The number of carbonyl (C=O) groups is 4. The SMILES string of the molecule is CC.CC(C)C(=O)CNC(=O)CNC(=O)CNC(=O)CN.[HH].[HH].[HH].[HH]. The lowest BCUT2D eigenvalue weighted by molar-refractivity contribution is -0.128. The first-order chi connectivity index (χ1) is 9.86. The summed E-state index contributed by atoms with van der Waals surface area (Å²) in [5, 5.41) is 6.94. The predicted octanol–water partition coefficient (Wildman–Crippen LogP) is -0.471. The molecule has 0 saturated heterocycles. The maximum atomic E-state index is 11.3. The van der Waals surface area contributed by atoms with Gasteiger partial charge >= 0.3 is 0 Å². The van der Waals surface area contributed by atoms with Gasteiger partial charge < -0.3 is 21.7 Å². The van der Waals surface area contributed by atoms with E-state index in [-0.39, 0.29) is 43.6 Å². The monoisotopic (exact) mass is 310 g/mol. The van der Waals surface area contributed by atoms with Gasteiger partial charge in [0.2, 0.25) is 17.7 Å². The molecule has 0 aliphatic heterocycles. The van der Waals surface area contributed by atoms with Crippen LogP contribution in [0.2, 0.25) is 0 Å². The average molecular weight is 310 g/mol. The summed E-state index contributed by atoms with van der Waals surface area (Å²) in [5.41, 5.74) is 5.03. The van der Waals surface area contributed by atoms with Gasteiger partial charge in [-0.05, 0) is 0 Å². The van der Waals surface area contributed by atoms with Crippen LogP contribution < -0.4 is 21.7 Å². The Hall–Kier alpha value is -1.96. The number of hydrogen-bond donors (Lipinski definition) is 4. The molecule has 0 aromatic heterocycles. The number of rotatable bonds is 8. The van der Waals surface area contributed by atoms with Crippen LogP contribution in [-0.4, -0.2) is 49.7 Å². The first kappa shape index (κ1) is 21.3. The van der Waals surface area contributed by atoms with Gasteiger partial charge in [-0.15, -0.1) is 0 Å². The fraction of sp³-hybridized carbons (Fsp3) is 0.692. The molecular weight excluding hydrogens is 276 g/mol. The third-order valence-electron chi connectivity index (χ3n) is 2.18. The number of hydrogen-bond acceptors (Lipinski definition) is 5. The summed E-state index contributed by atoms with van der Waals surface area (Å²) in [5.74, 6) is -1.67. The summed E-state index contributed by atoms with van der Waals surface area (Å²) in [6, 6.07) is 0. The van der Waals surface area contributed by atoms with E-state index in [2.05, 4.69) is 16.0 Å². The average Bonchev–Trinajstić information content (AvgIpc) is 2.49. The van der Waals surface area contributed by atoms with E-state index < -0.39 is 17.7 Å². The molecule has 3 amide bonds. The summed E-state index contributed by atoms with van der Waals surface area (Å²) in [6.07, 6.45) is 0. The molecule has 0 aromatic rings. The minimum absolute atomic E-state index is 0. The fourth-order valence-electron chi connectivity index (χ4n) is 0.945. The smallest absolute Gasteiger partial charge is 0.239 e. The highest BCUT2D eigenvalue weighted by molar-refractivity contribution is 5.90. The Morgan fingerprint density at radius 3 is 1.62 bits per heavy atom. The Kier molecular flexibility index (Phi) is 13.3. The van der Waals surface area contributed by atoms with Crippen LogP contribution in [0.15, 0.2) is 0 Å². The van der Waals surface area contributed by atoms with Crippen LogP contribution in [0.25, 0.3) is 0 Å². The summed E-state index contributed by atoms with van der Waals surface area (Å²) < 4.78 is 0. The first-order valence-electron chi connectivity index (χ1n) is 6.89. The van der Waals surface area contributed by atoms with E-state index >= 15 is 0 Å². The van der Waals surface area contributed by atoms with Crippen molar-refractivity contribution in [2.45, 2.75) is 27.7 Å². The number of nitrogens with two attached hydrogens (primary N) is 1. The van der Waals surface area contributed by atoms with Gasteiger partial charge in [0.05, 0.1) is 26.2 Å². The standard InChI is InChI=1S/C11H20N4O4.C2H6.4H2/c1-7(2)8(16)4-13-10(18)6-15-11(19)5-14-9(17)3-12;1-2;;;;/h7H,3-6,12H2,1-2H3,(H,13,18)(H,14,17)(H,15,19);1-2H3;4*1H. The topological polar surface area (TPSA) is 130 Å². The Morgan fingerprint density at radius 2 is 1.24 bits per heavy atom. The van der Waals surface area contributed by atoms with Crippen LogP contribution in [0.3, 0.4) is 0 Å². The Balaban J connectivity index is -0.000000145.